The first-order valence-corrected chi connectivity index (χ1v) is 5.50. The molecule has 0 amide bonds. The maximum Gasteiger partial charge on any atom is 0.363 e. The van der Waals surface area contributed by atoms with E-state index in [9.17, 15) is 22.4 Å². The van der Waals surface area contributed by atoms with Gasteiger partial charge in [-0.05, 0) is 34.7 Å². The number of halogens is 5. The average molecular weight is 289 g/mol. The van der Waals surface area contributed by atoms with Crippen molar-refractivity contribution in [2.45, 2.75) is 30.0 Å². The minimum absolute atomic E-state index is 0.0323. The lowest BCUT2D eigenvalue weighted by molar-refractivity contribution is -0.192. The number of carbonyl (C=O) groups excluding carboxylic acids is 1. The van der Waals surface area contributed by atoms with Crippen LogP contribution in [0.2, 0.25) is 0 Å². The highest BCUT2D eigenvalue weighted by atomic mass is 79.9. The van der Waals surface area contributed by atoms with Crippen LogP contribution in [0.15, 0.2) is 0 Å². The molecule has 0 N–H and O–H groups in total. The molecule has 6 heteroatoms. The maximum absolute atomic E-state index is 13.3. The summed E-state index contributed by atoms with van der Waals surface area (Å²) in [6.07, 6.45) is 0.665. The highest BCUT2D eigenvalue weighted by Crippen LogP contribution is 2.57. The Morgan fingerprint density at radius 2 is 1.80 bits per heavy atom. The average Bonchev–Trinajstić information content (AvgIpc) is 2.59. The van der Waals surface area contributed by atoms with Crippen molar-refractivity contribution in [2.75, 3.05) is 0 Å². The highest BCUT2D eigenvalue weighted by Gasteiger charge is 2.65. The Hall–Kier alpha value is -0.130. The Labute approximate surface area is 92.3 Å². The van der Waals surface area contributed by atoms with Gasteiger partial charge in [0.1, 0.15) is 5.78 Å². The van der Waals surface area contributed by atoms with Crippen LogP contribution in [0.25, 0.3) is 0 Å². The zero-order chi connectivity index (χ0) is 11.4. The Balaban J connectivity index is 2.23. The zero-order valence-corrected chi connectivity index (χ0v) is 9.24. The van der Waals surface area contributed by atoms with E-state index in [0.717, 1.165) is 0 Å². The standard InChI is InChI=1S/C9H9BrF4O/c10-9(13,14)8(11,12)6-2-4-1-5(6)7(15)3-4/h4-6H,1-3H2. The quantitative estimate of drug-likeness (QED) is 0.563. The molecule has 0 saturated heterocycles. The molecular formula is C9H9BrF4O. The van der Waals surface area contributed by atoms with Crippen molar-refractivity contribution >= 4 is 21.7 Å². The van der Waals surface area contributed by atoms with Gasteiger partial charge in [-0.25, -0.2) is 0 Å². The topological polar surface area (TPSA) is 17.1 Å². The van der Waals surface area contributed by atoms with E-state index >= 15 is 0 Å². The van der Waals surface area contributed by atoms with Crippen LogP contribution in [0.4, 0.5) is 17.6 Å². The lowest BCUT2D eigenvalue weighted by Crippen LogP contribution is -2.46. The number of ketones is 1. The lowest BCUT2D eigenvalue weighted by Gasteiger charge is -2.32. The van der Waals surface area contributed by atoms with Gasteiger partial charge in [0, 0.05) is 18.3 Å². The fourth-order valence-electron chi connectivity index (χ4n) is 2.71. The van der Waals surface area contributed by atoms with E-state index in [4.69, 9.17) is 0 Å². The van der Waals surface area contributed by atoms with Gasteiger partial charge >= 0.3 is 10.8 Å². The predicted octanol–water partition coefficient (Wildman–Crippen LogP) is 3.22. The third kappa shape index (κ3) is 1.61. The third-order valence-corrected chi connectivity index (χ3v) is 3.94. The van der Waals surface area contributed by atoms with Gasteiger partial charge in [0.15, 0.2) is 0 Å². The molecule has 0 heterocycles. The van der Waals surface area contributed by atoms with Crippen LogP contribution in [-0.4, -0.2) is 16.5 Å². The molecule has 2 aliphatic carbocycles. The molecule has 3 unspecified atom stereocenters. The summed E-state index contributed by atoms with van der Waals surface area (Å²) in [5.74, 6) is -6.91. The zero-order valence-electron chi connectivity index (χ0n) is 7.65. The summed E-state index contributed by atoms with van der Waals surface area (Å²) in [5, 5.41) is 0. The second-order valence-corrected chi connectivity index (χ2v) is 5.34. The van der Waals surface area contributed by atoms with Crippen molar-refractivity contribution in [1.82, 2.24) is 0 Å². The molecule has 2 fully saturated rings. The summed E-state index contributed by atoms with van der Waals surface area (Å²) >= 11 is 1.71. The van der Waals surface area contributed by atoms with E-state index in [-0.39, 0.29) is 24.5 Å². The molecule has 2 rings (SSSR count). The molecule has 15 heavy (non-hydrogen) atoms. The number of carbonyl (C=O) groups is 1. The van der Waals surface area contributed by atoms with Crippen LogP contribution in [0.3, 0.4) is 0 Å². The lowest BCUT2D eigenvalue weighted by atomic mass is 9.83. The highest BCUT2D eigenvalue weighted by molar-refractivity contribution is 9.10. The molecule has 2 saturated carbocycles. The molecule has 0 aromatic carbocycles. The smallest absolute Gasteiger partial charge is 0.299 e. The summed E-state index contributed by atoms with van der Waals surface area (Å²) in [6, 6.07) is 0. The van der Waals surface area contributed by atoms with Gasteiger partial charge in [-0.3, -0.25) is 4.79 Å². The molecule has 1 nitrogen and oxygen atoms in total. The van der Waals surface area contributed by atoms with Crippen LogP contribution in [-0.2, 0) is 4.79 Å². The van der Waals surface area contributed by atoms with Crippen molar-refractivity contribution in [2.24, 2.45) is 17.8 Å². The van der Waals surface area contributed by atoms with Crippen LogP contribution < -0.4 is 0 Å². The monoisotopic (exact) mass is 288 g/mol. The van der Waals surface area contributed by atoms with Gasteiger partial charge in [0.25, 0.3) is 0 Å². The summed E-state index contributed by atoms with van der Waals surface area (Å²) in [5.41, 5.74) is 0. The van der Waals surface area contributed by atoms with Crippen LogP contribution in [0, 0.1) is 17.8 Å². The number of rotatable bonds is 2. The van der Waals surface area contributed by atoms with Crippen molar-refractivity contribution in [3.05, 3.63) is 0 Å². The Morgan fingerprint density at radius 1 is 1.20 bits per heavy atom. The summed E-state index contributed by atoms with van der Waals surface area (Å²) < 4.78 is 52.0. The number of fused-ring (bicyclic) bond motifs is 2. The van der Waals surface area contributed by atoms with Gasteiger partial charge in [-0.1, -0.05) is 0 Å². The fraction of sp³-hybridized carbons (Fsp3) is 0.889. The maximum atomic E-state index is 13.3. The summed E-state index contributed by atoms with van der Waals surface area (Å²) in [7, 11) is 0. The molecular weight excluding hydrogens is 280 g/mol. The molecule has 0 radical (unpaired) electrons. The van der Waals surface area contributed by atoms with Crippen LogP contribution in [0.1, 0.15) is 19.3 Å². The van der Waals surface area contributed by atoms with Gasteiger partial charge < -0.3 is 0 Å². The molecule has 0 aliphatic heterocycles. The Kier molecular flexibility index (Phi) is 2.41. The van der Waals surface area contributed by atoms with E-state index in [1.807, 2.05) is 0 Å². The molecule has 0 spiro atoms. The van der Waals surface area contributed by atoms with E-state index in [2.05, 4.69) is 0 Å². The third-order valence-electron chi connectivity index (χ3n) is 3.41. The molecule has 2 aliphatic rings. The summed E-state index contributed by atoms with van der Waals surface area (Å²) in [4.78, 5) is 7.00. The van der Waals surface area contributed by atoms with Crippen molar-refractivity contribution in [3.8, 4) is 0 Å². The second kappa shape index (κ2) is 3.18. The van der Waals surface area contributed by atoms with Crippen molar-refractivity contribution in [3.63, 3.8) is 0 Å². The molecule has 86 valence electrons. The first kappa shape index (κ1) is 11.4. The van der Waals surface area contributed by atoms with Gasteiger partial charge in [-0.15, -0.1) is 0 Å². The molecule has 0 aromatic heterocycles. The van der Waals surface area contributed by atoms with Gasteiger partial charge in [0.2, 0.25) is 0 Å². The first-order valence-electron chi connectivity index (χ1n) is 4.70. The first-order chi connectivity index (χ1) is 6.73. The van der Waals surface area contributed by atoms with Gasteiger partial charge in [0.05, 0.1) is 0 Å². The van der Waals surface area contributed by atoms with E-state index in [1.54, 1.807) is 15.9 Å². The van der Waals surface area contributed by atoms with Crippen LogP contribution in [0.5, 0.6) is 0 Å². The fourth-order valence-corrected chi connectivity index (χ4v) is 3.01. The van der Waals surface area contributed by atoms with Crippen LogP contribution >= 0.6 is 15.9 Å². The normalized spacial score (nSPS) is 36.3. The number of hydrogen-bond acceptors (Lipinski definition) is 1. The van der Waals surface area contributed by atoms with E-state index in [0.29, 0.717) is 6.42 Å². The van der Waals surface area contributed by atoms with Crippen molar-refractivity contribution < 1.29 is 22.4 Å². The molecule has 3 atom stereocenters. The van der Waals surface area contributed by atoms with Gasteiger partial charge in [-0.2, -0.15) is 17.6 Å². The minimum Gasteiger partial charge on any atom is -0.299 e. The molecule has 2 bridgehead atoms. The number of alkyl halides is 5. The number of Topliss-reactive ketones (excluding diaryl/α,β-unsaturated/α-hetero) is 1. The van der Waals surface area contributed by atoms with Crippen molar-refractivity contribution in [1.29, 1.82) is 0 Å². The largest absolute Gasteiger partial charge is 0.363 e. The van der Waals surface area contributed by atoms with E-state index < -0.39 is 22.6 Å². The minimum atomic E-state index is -4.23. The second-order valence-electron chi connectivity index (χ2n) is 4.34. The Morgan fingerprint density at radius 3 is 2.20 bits per heavy atom. The van der Waals surface area contributed by atoms with E-state index in [1.165, 1.54) is 0 Å². The Bertz CT molecular complexity index is 299. The summed E-state index contributed by atoms with van der Waals surface area (Å²) in [6.45, 7) is 0. The SMILES string of the molecule is O=C1CC2CC1C(C(F)(F)C(F)(F)Br)C2. The molecule has 0 aromatic rings. The number of hydrogen-bond donors (Lipinski definition) is 0. The predicted molar refractivity (Wildman–Crippen MR) is 48.1 cm³/mol.